The Morgan fingerprint density at radius 2 is 1.56 bits per heavy atom. The molecule has 0 bridgehead atoms. The van der Waals surface area contributed by atoms with Crippen LogP contribution in [0, 0.1) is 0 Å². The molecule has 1 N–H and O–H groups in total. The molecule has 200 valence electrons. The number of carboxylic acid groups (broad SMARTS) is 1. The number of carboxylic acids is 1. The van der Waals surface area contributed by atoms with Crippen molar-refractivity contribution in [2.75, 3.05) is 27.3 Å². The van der Waals surface area contributed by atoms with Crippen LogP contribution in [0.5, 0.6) is 5.75 Å². The largest absolute Gasteiger partial charge is 0.492 e. The Kier molecular flexibility index (Phi) is 8.40. The second-order valence-electron chi connectivity index (χ2n) is 10.1. The van der Waals surface area contributed by atoms with Crippen LogP contribution in [0.2, 0.25) is 0 Å². The van der Waals surface area contributed by atoms with Crippen LogP contribution in [0.4, 0.5) is 0 Å². The minimum atomic E-state index is -0.960. The highest BCUT2D eigenvalue weighted by molar-refractivity contribution is 5.72. The number of nitrogens with zero attached hydrogens (tertiary/aromatic N) is 1. The number of aryl methyl sites for hydroxylation is 2. The molecule has 4 aromatic carbocycles. The Morgan fingerprint density at radius 3 is 2.28 bits per heavy atom. The summed E-state index contributed by atoms with van der Waals surface area (Å²) in [7, 11) is 3.59. The third kappa shape index (κ3) is 6.22. The Hall–Kier alpha value is -3.93. The first-order chi connectivity index (χ1) is 19.0. The van der Waals surface area contributed by atoms with Gasteiger partial charge < -0.3 is 14.6 Å². The van der Waals surface area contributed by atoms with E-state index in [1.165, 1.54) is 40.5 Å². The van der Waals surface area contributed by atoms with Gasteiger partial charge in [0.2, 0.25) is 0 Å². The van der Waals surface area contributed by atoms with Crippen LogP contribution in [-0.4, -0.2) is 49.4 Å². The van der Waals surface area contributed by atoms with Crippen LogP contribution in [0.1, 0.15) is 33.9 Å². The number of ether oxygens (including phenoxy) is 2. The van der Waals surface area contributed by atoms with Crippen molar-refractivity contribution in [2.24, 2.45) is 0 Å². The Labute approximate surface area is 230 Å². The van der Waals surface area contributed by atoms with Gasteiger partial charge in [0.15, 0.2) is 6.10 Å². The monoisotopic (exact) mass is 521 g/mol. The van der Waals surface area contributed by atoms with E-state index in [-0.39, 0.29) is 6.04 Å². The Morgan fingerprint density at radius 1 is 0.872 bits per heavy atom. The standard InChI is InChI=1S/C34H35NO4/c1-35(20-21-39-29-18-12-24(13-19-29)22-32(38-2)34(36)37)33-30-11-7-6-10-26(30)14-15-27-16-17-28(23-31(27)33)25-8-4-3-5-9-25/h3-13,16-19,23,32-33H,14-15,20-22H2,1-2H3,(H,36,37). The summed E-state index contributed by atoms with van der Waals surface area (Å²) in [5, 5.41) is 9.22. The minimum absolute atomic E-state index is 0.135. The molecule has 5 nitrogen and oxygen atoms in total. The molecule has 2 unspecified atom stereocenters. The topological polar surface area (TPSA) is 59.0 Å². The van der Waals surface area contributed by atoms with Crippen molar-refractivity contribution in [3.8, 4) is 16.9 Å². The molecule has 2 atom stereocenters. The van der Waals surface area contributed by atoms with Gasteiger partial charge >= 0.3 is 5.97 Å². The first-order valence-corrected chi connectivity index (χ1v) is 13.5. The molecule has 0 radical (unpaired) electrons. The average molecular weight is 522 g/mol. The average Bonchev–Trinajstić information content (AvgIpc) is 3.13. The van der Waals surface area contributed by atoms with Gasteiger partial charge in [-0.05, 0) is 77.0 Å². The summed E-state index contributed by atoms with van der Waals surface area (Å²) in [6.45, 7) is 1.29. The molecule has 0 aromatic heterocycles. The lowest BCUT2D eigenvalue weighted by atomic mass is 9.91. The number of aliphatic carboxylic acids is 1. The number of likely N-dealkylation sites (N-methyl/N-ethyl adjacent to an activating group) is 1. The lowest BCUT2D eigenvalue weighted by molar-refractivity contribution is -0.148. The first kappa shape index (κ1) is 26.7. The van der Waals surface area contributed by atoms with Gasteiger partial charge in [0, 0.05) is 20.1 Å². The molecule has 4 aromatic rings. The lowest BCUT2D eigenvalue weighted by Gasteiger charge is -2.30. The van der Waals surface area contributed by atoms with Gasteiger partial charge in [-0.25, -0.2) is 4.79 Å². The SMILES string of the molecule is COC(Cc1ccc(OCCN(C)C2c3ccccc3CCc3ccc(-c4ccccc4)cc32)cc1)C(=O)O. The molecule has 0 spiro atoms. The van der Waals surface area contributed by atoms with E-state index in [1.807, 2.05) is 24.3 Å². The van der Waals surface area contributed by atoms with Gasteiger partial charge in [0.25, 0.3) is 0 Å². The fourth-order valence-corrected chi connectivity index (χ4v) is 5.47. The van der Waals surface area contributed by atoms with E-state index in [0.717, 1.165) is 30.7 Å². The van der Waals surface area contributed by atoms with E-state index >= 15 is 0 Å². The van der Waals surface area contributed by atoms with E-state index in [1.54, 1.807) is 0 Å². The smallest absolute Gasteiger partial charge is 0.333 e. The molecule has 0 heterocycles. The lowest BCUT2D eigenvalue weighted by Crippen LogP contribution is -2.30. The van der Waals surface area contributed by atoms with Crippen molar-refractivity contribution in [2.45, 2.75) is 31.4 Å². The minimum Gasteiger partial charge on any atom is -0.492 e. The zero-order chi connectivity index (χ0) is 27.2. The molecule has 0 fully saturated rings. The third-order valence-corrected chi connectivity index (χ3v) is 7.62. The van der Waals surface area contributed by atoms with Gasteiger partial charge in [-0.1, -0.05) is 78.9 Å². The summed E-state index contributed by atoms with van der Waals surface area (Å²) in [5.41, 5.74) is 8.88. The van der Waals surface area contributed by atoms with Crippen LogP contribution in [-0.2, 0) is 28.8 Å². The van der Waals surface area contributed by atoms with Gasteiger partial charge in [0.05, 0.1) is 6.04 Å². The normalized spacial score (nSPS) is 15.2. The van der Waals surface area contributed by atoms with Crippen LogP contribution in [0.3, 0.4) is 0 Å². The van der Waals surface area contributed by atoms with Gasteiger partial charge in [-0.15, -0.1) is 0 Å². The maximum Gasteiger partial charge on any atom is 0.333 e. The molecular weight excluding hydrogens is 486 g/mol. The van der Waals surface area contributed by atoms with E-state index in [2.05, 4.69) is 84.7 Å². The summed E-state index contributed by atoms with van der Waals surface area (Å²) in [6, 6.07) is 34.0. The summed E-state index contributed by atoms with van der Waals surface area (Å²) in [4.78, 5) is 13.6. The highest BCUT2D eigenvalue weighted by Crippen LogP contribution is 2.38. The molecule has 1 aliphatic carbocycles. The van der Waals surface area contributed by atoms with E-state index in [4.69, 9.17) is 9.47 Å². The van der Waals surface area contributed by atoms with Crippen molar-refractivity contribution in [3.63, 3.8) is 0 Å². The number of hydrogen-bond donors (Lipinski definition) is 1. The fraction of sp³-hybridized carbons (Fsp3) is 0.265. The molecule has 0 amide bonds. The molecule has 1 aliphatic rings. The maximum atomic E-state index is 11.2. The van der Waals surface area contributed by atoms with Crippen LogP contribution in [0.25, 0.3) is 11.1 Å². The predicted molar refractivity (Wildman–Crippen MR) is 154 cm³/mol. The third-order valence-electron chi connectivity index (χ3n) is 7.62. The number of carbonyl (C=O) groups is 1. The molecule has 0 aliphatic heterocycles. The van der Waals surface area contributed by atoms with Gasteiger partial charge in [0.1, 0.15) is 12.4 Å². The summed E-state index contributed by atoms with van der Waals surface area (Å²) >= 11 is 0. The fourth-order valence-electron chi connectivity index (χ4n) is 5.47. The second-order valence-corrected chi connectivity index (χ2v) is 10.1. The van der Waals surface area contributed by atoms with Crippen molar-refractivity contribution >= 4 is 5.97 Å². The molecular formula is C34H35NO4. The van der Waals surface area contributed by atoms with Crippen LogP contribution < -0.4 is 4.74 Å². The zero-order valence-corrected chi connectivity index (χ0v) is 22.5. The second kappa shape index (κ2) is 12.3. The van der Waals surface area contributed by atoms with E-state index < -0.39 is 12.1 Å². The maximum absolute atomic E-state index is 11.2. The molecule has 0 saturated carbocycles. The quantitative estimate of drug-likeness (QED) is 0.270. The molecule has 0 saturated heterocycles. The number of fused-ring (bicyclic) bond motifs is 2. The van der Waals surface area contributed by atoms with E-state index in [0.29, 0.717) is 13.0 Å². The Bertz CT molecular complexity index is 1400. The molecule has 5 rings (SSSR count). The zero-order valence-electron chi connectivity index (χ0n) is 22.5. The number of methoxy groups -OCH3 is 1. The van der Waals surface area contributed by atoms with Gasteiger partial charge in [-0.2, -0.15) is 0 Å². The number of rotatable bonds is 10. The van der Waals surface area contributed by atoms with Crippen molar-refractivity contribution in [1.82, 2.24) is 4.90 Å². The predicted octanol–water partition coefficient (Wildman–Crippen LogP) is 6.19. The first-order valence-electron chi connectivity index (χ1n) is 13.5. The summed E-state index contributed by atoms with van der Waals surface area (Å²) < 4.78 is 11.2. The van der Waals surface area contributed by atoms with Crippen molar-refractivity contribution in [1.29, 1.82) is 0 Å². The van der Waals surface area contributed by atoms with Gasteiger partial charge in [-0.3, -0.25) is 4.90 Å². The van der Waals surface area contributed by atoms with Crippen LogP contribution >= 0.6 is 0 Å². The molecule has 5 heteroatoms. The highest BCUT2D eigenvalue weighted by Gasteiger charge is 2.27. The molecule has 39 heavy (non-hydrogen) atoms. The summed E-state index contributed by atoms with van der Waals surface area (Å²) in [6.07, 6.45) is 1.53. The summed E-state index contributed by atoms with van der Waals surface area (Å²) in [5.74, 6) is -0.192. The number of benzene rings is 4. The Balaban J connectivity index is 1.33. The number of hydrogen-bond acceptors (Lipinski definition) is 4. The highest BCUT2D eigenvalue weighted by atomic mass is 16.5. The van der Waals surface area contributed by atoms with Crippen LogP contribution in [0.15, 0.2) is 97.1 Å². The van der Waals surface area contributed by atoms with E-state index in [9.17, 15) is 9.90 Å². The van der Waals surface area contributed by atoms with Crippen molar-refractivity contribution < 1.29 is 19.4 Å². The van der Waals surface area contributed by atoms with Crippen molar-refractivity contribution in [3.05, 3.63) is 125 Å².